The molecule has 0 spiro atoms. The van der Waals surface area contributed by atoms with Crippen molar-refractivity contribution in [3.8, 4) is 0 Å². The highest BCUT2D eigenvalue weighted by molar-refractivity contribution is 7.67. The summed E-state index contributed by atoms with van der Waals surface area (Å²) in [4.78, 5) is 24.2. The van der Waals surface area contributed by atoms with E-state index in [2.05, 4.69) is 0 Å². The average Bonchev–Trinajstić information content (AvgIpc) is 1.35. The fraction of sp³-hybridized carbons (Fsp3) is 0. The number of carbonyl (C=O) groups is 1. The van der Waals surface area contributed by atoms with E-state index in [-0.39, 0.29) is 5.48 Å². The van der Waals surface area contributed by atoms with Gasteiger partial charge in [0.15, 0.2) is 0 Å². The molecule has 0 atom stereocenters. The summed E-state index contributed by atoms with van der Waals surface area (Å²) in [5.41, 5.74) is 0. The Balaban J connectivity index is 0. The number of carbonyl (C=O) groups excluding carboxylic acids is 1. The molecule has 4 N–H and O–H groups in total. The highest BCUT2D eigenvalue weighted by Gasteiger charge is 2.06. The predicted molar refractivity (Wildman–Crippen MR) is 22.4 cm³/mol. The molecule has 0 amide bonds. The van der Waals surface area contributed by atoms with Gasteiger partial charge in [-0.05, 0) is 0 Å². The van der Waals surface area contributed by atoms with Crippen LogP contribution >= 0.6 is 7.60 Å². The lowest BCUT2D eigenvalue weighted by molar-refractivity contribution is 0.385. The minimum atomic E-state index is -4.33. The van der Waals surface area contributed by atoms with Gasteiger partial charge < -0.3 is 15.3 Å². The fourth-order valence-corrected chi connectivity index (χ4v) is 0. The smallest absolute Gasteiger partial charge is 0.388 e. The lowest BCUT2D eigenvalue weighted by atomic mass is 11.8. The topological polar surface area (TPSA) is 106 Å². The summed E-state index contributed by atoms with van der Waals surface area (Å²) in [6, 6.07) is -0.396. The molecule has 6 heteroatoms. The van der Waals surface area contributed by atoms with Crippen molar-refractivity contribution < 1.29 is 24.6 Å². The highest BCUT2D eigenvalue weighted by atomic mass is 31.2. The second-order valence-corrected chi connectivity index (χ2v) is 2.08. The van der Waals surface area contributed by atoms with Gasteiger partial charge in [-0.15, -0.1) is 0 Å². The van der Waals surface area contributed by atoms with Crippen molar-refractivity contribution >= 4 is 13.6 Å². The van der Waals surface area contributed by atoms with Crippen molar-refractivity contribution in [1.29, 1.82) is 0 Å². The summed E-state index contributed by atoms with van der Waals surface area (Å²) >= 11 is 0. The normalized spacial score (nSPS) is 9.43. The third-order valence-electron chi connectivity index (χ3n) is 0.137. The lowest BCUT2D eigenvalue weighted by Crippen LogP contribution is -1.72. The molecule has 7 heavy (non-hydrogen) atoms. The van der Waals surface area contributed by atoms with E-state index in [0.717, 1.165) is 0 Å². The van der Waals surface area contributed by atoms with Gasteiger partial charge in [-0.25, -0.2) is 0 Å². The zero-order chi connectivity index (χ0) is 5.21. The molecule has 0 aliphatic carbocycles. The molecule has 0 saturated carbocycles. The summed E-state index contributed by atoms with van der Waals surface area (Å²) in [5.74, 6) is 0. The Labute approximate surface area is 39.4 Å². The second-order valence-electron chi connectivity index (χ2n) is 0.695. The van der Waals surface area contributed by atoms with Gasteiger partial charge in [0.2, 0.25) is 6.03 Å². The maximum atomic E-state index is 9.33. The number of hydrogen-bond acceptors (Lipinski definition) is 2. The Kier molecular flexibility index (Phi) is 4.07. The minimum absolute atomic E-state index is 0. The maximum Gasteiger partial charge on any atom is 0.388 e. The Morgan fingerprint density at radius 1 is 1.43 bits per heavy atom. The molecule has 44 valence electrons. The largest absolute Gasteiger partial charge is 0.412 e. The summed E-state index contributed by atoms with van der Waals surface area (Å²) < 4.78 is 9.33. The zero-order valence-corrected chi connectivity index (χ0v) is 4.13. The molecule has 0 aromatic heterocycles. The molecule has 0 bridgehead atoms. The fourth-order valence-electron chi connectivity index (χ4n) is 0. The molecule has 0 heterocycles. The van der Waals surface area contributed by atoms with Crippen molar-refractivity contribution in [2.24, 2.45) is 0 Å². The van der Waals surface area contributed by atoms with Crippen molar-refractivity contribution in [2.75, 3.05) is 0 Å². The Morgan fingerprint density at radius 3 is 1.57 bits per heavy atom. The Morgan fingerprint density at radius 2 is 1.57 bits per heavy atom. The third kappa shape index (κ3) is 10.7. The van der Waals surface area contributed by atoms with Crippen LogP contribution in [0.15, 0.2) is 0 Å². The van der Waals surface area contributed by atoms with Crippen molar-refractivity contribution in [3.63, 3.8) is 0 Å². The molecule has 0 aliphatic heterocycles. The van der Waals surface area contributed by atoms with Gasteiger partial charge in [-0.1, -0.05) is 0 Å². The van der Waals surface area contributed by atoms with E-state index in [1.165, 1.54) is 0 Å². The minimum Gasteiger partial charge on any atom is -0.412 e. The predicted octanol–water partition coefficient (Wildman–Crippen LogP) is -1.47. The molecule has 0 aliphatic rings. The molecule has 0 aromatic carbocycles. The average molecular weight is 128 g/mol. The number of hydrogen-bond donors (Lipinski definition) is 2. The molecule has 0 radical (unpaired) electrons. The molecule has 5 nitrogen and oxygen atoms in total. The molecule has 0 fully saturated rings. The van der Waals surface area contributed by atoms with E-state index < -0.39 is 13.6 Å². The van der Waals surface area contributed by atoms with Crippen LogP contribution in [0.2, 0.25) is 0 Å². The van der Waals surface area contributed by atoms with Gasteiger partial charge in [-0.2, -0.15) is 0 Å². The Hall–Kier alpha value is -0.220. The van der Waals surface area contributed by atoms with E-state index in [4.69, 9.17) is 14.6 Å². The molecule has 0 aromatic rings. The maximum absolute atomic E-state index is 9.33. The van der Waals surface area contributed by atoms with Crippen LogP contribution in [0.25, 0.3) is 0 Å². The summed E-state index contributed by atoms with van der Waals surface area (Å²) in [7, 11) is -4.33. The first-order valence-corrected chi connectivity index (χ1v) is 2.76. The first-order valence-electron chi connectivity index (χ1n) is 1.08. The van der Waals surface area contributed by atoms with Crippen molar-refractivity contribution in [1.82, 2.24) is 0 Å². The molecule has 0 saturated heterocycles. The standard InChI is InChI=1S/CH3O4P.H2O/c2-1-6(3,4)5;/h1H,(H2,3,4,5);1H2. The Bertz CT molecular complexity index is 90.3. The van der Waals surface area contributed by atoms with Crippen LogP contribution in [-0.4, -0.2) is 21.3 Å². The van der Waals surface area contributed by atoms with Gasteiger partial charge in [0, 0.05) is 0 Å². The molecular weight excluding hydrogens is 123 g/mol. The van der Waals surface area contributed by atoms with Crippen LogP contribution in [-0.2, 0) is 9.36 Å². The van der Waals surface area contributed by atoms with E-state index >= 15 is 0 Å². The molecular formula is CH5O5P. The number of rotatable bonds is 1. The first-order chi connectivity index (χ1) is 2.56. The van der Waals surface area contributed by atoms with Crippen LogP contribution in [0.1, 0.15) is 0 Å². The van der Waals surface area contributed by atoms with E-state index in [0.29, 0.717) is 0 Å². The quantitative estimate of drug-likeness (QED) is 0.332. The van der Waals surface area contributed by atoms with Crippen LogP contribution < -0.4 is 0 Å². The van der Waals surface area contributed by atoms with Crippen molar-refractivity contribution in [2.45, 2.75) is 0 Å². The summed E-state index contributed by atoms with van der Waals surface area (Å²) in [6.07, 6.45) is 0. The van der Waals surface area contributed by atoms with Gasteiger partial charge in [0.05, 0.1) is 0 Å². The van der Waals surface area contributed by atoms with E-state index in [1.807, 2.05) is 0 Å². The van der Waals surface area contributed by atoms with Gasteiger partial charge >= 0.3 is 7.60 Å². The van der Waals surface area contributed by atoms with Crippen LogP contribution in [0.5, 0.6) is 0 Å². The van der Waals surface area contributed by atoms with Crippen LogP contribution in [0.4, 0.5) is 0 Å². The van der Waals surface area contributed by atoms with Crippen LogP contribution in [0, 0.1) is 0 Å². The molecule has 0 unspecified atom stereocenters. The van der Waals surface area contributed by atoms with Crippen molar-refractivity contribution in [3.05, 3.63) is 0 Å². The van der Waals surface area contributed by atoms with Gasteiger partial charge in [-0.3, -0.25) is 9.36 Å². The van der Waals surface area contributed by atoms with Gasteiger partial charge in [0.25, 0.3) is 0 Å². The van der Waals surface area contributed by atoms with Crippen LogP contribution in [0.3, 0.4) is 0 Å². The first kappa shape index (κ1) is 9.91. The SMILES string of the molecule is O.O=CP(=O)(O)O. The zero-order valence-electron chi connectivity index (χ0n) is 3.24. The van der Waals surface area contributed by atoms with E-state index in [1.54, 1.807) is 0 Å². The summed E-state index contributed by atoms with van der Waals surface area (Å²) in [6.45, 7) is 0. The van der Waals surface area contributed by atoms with E-state index in [9.17, 15) is 4.57 Å². The second kappa shape index (κ2) is 2.87. The monoisotopic (exact) mass is 128 g/mol. The summed E-state index contributed by atoms with van der Waals surface area (Å²) in [5, 5.41) is 0. The highest BCUT2D eigenvalue weighted by Crippen LogP contribution is 2.28. The third-order valence-corrected chi connectivity index (χ3v) is 0.412. The van der Waals surface area contributed by atoms with Gasteiger partial charge in [0.1, 0.15) is 0 Å². The molecule has 0 rings (SSSR count). The lowest BCUT2D eigenvalue weighted by Gasteiger charge is -1.83.